The van der Waals surface area contributed by atoms with Crippen LogP contribution in [0.15, 0.2) is 42.9 Å². The van der Waals surface area contributed by atoms with Crippen molar-refractivity contribution >= 4 is 11.6 Å². The second-order valence-electron chi connectivity index (χ2n) is 7.07. The zero-order valence-electron chi connectivity index (χ0n) is 15.3. The minimum absolute atomic E-state index is 0.165. The summed E-state index contributed by atoms with van der Waals surface area (Å²) in [6, 6.07) is 7.29. The topological polar surface area (TPSA) is 88.8 Å². The van der Waals surface area contributed by atoms with E-state index in [-0.39, 0.29) is 24.0 Å². The Kier molecular flexibility index (Phi) is 4.53. The molecule has 0 saturated heterocycles. The third-order valence-corrected chi connectivity index (χ3v) is 5.07. The van der Waals surface area contributed by atoms with Crippen molar-refractivity contribution in [2.24, 2.45) is 5.92 Å². The number of aliphatic hydroxyl groups excluding tert-OH is 1. The second-order valence-corrected chi connectivity index (χ2v) is 7.07. The molecule has 27 heavy (non-hydrogen) atoms. The molecule has 1 fully saturated rings. The minimum Gasteiger partial charge on any atom is -0.481 e. The molecule has 1 atom stereocenters. The molecule has 0 aliphatic heterocycles. The van der Waals surface area contributed by atoms with Crippen LogP contribution in [0, 0.1) is 12.8 Å². The molecule has 3 aromatic rings. The number of carbonyl (C=O) groups is 1. The van der Waals surface area contributed by atoms with Gasteiger partial charge in [0.2, 0.25) is 5.88 Å². The third kappa shape index (κ3) is 3.50. The number of fused-ring (bicyclic) bond motifs is 1. The molecule has 0 unspecified atom stereocenters. The lowest BCUT2D eigenvalue weighted by atomic mass is 9.75. The molecule has 0 spiro atoms. The van der Waals surface area contributed by atoms with Crippen LogP contribution < -0.4 is 10.1 Å². The average molecular weight is 366 g/mol. The summed E-state index contributed by atoms with van der Waals surface area (Å²) in [6.07, 6.45) is 6.38. The van der Waals surface area contributed by atoms with E-state index in [1.54, 1.807) is 25.6 Å². The van der Waals surface area contributed by atoms with Crippen LogP contribution in [-0.2, 0) is 0 Å². The van der Waals surface area contributed by atoms with Gasteiger partial charge < -0.3 is 19.6 Å². The van der Waals surface area contributed by atoms with Crippen LogP contribution in [0.1, 0.15) is 40.5 Å². The van der Waals surface area contributed by atoms with Crippen LogP contribution >= 0.6 is 0 Å². The largest absolute Gasteiger partial charge is 0.481 e. The maximum Gasteiger partial charge on any atom is 0.272 e. The van der Waals surface area contributed by atoms with Crippen molar-refractivity contribution in [3.05, 3.63) is 59.7 Å². The summed E-state index contributed by atoms with van der Waals surface area (Å²) in [5.74, 6) is 0.449. The van der Waals surface area contributed by atoms with Crippen LogP contribution in [0.3, 0.4) is 0 Å². The Morgan fingerprint density at radius 1 is 1.30 bits per heavy atom. The Hall–Kier alpha value is -2.93. The van der Waals surface area contributed by atoms with Crippen molar-refractivity contribution in [1.82, 2.24) is 19.7 Å². The van der Waals surface area contributed by atoms with Crippen molar-refractivity contribution in [3.8, 4) is 5.88 Å². The molecule has 1 aliphatic carbocycles. The van der Waals surface area contributed by atoms with E-state index < -0.39 is 0 Å². The number of pyridine rings is 2. The number of ether oxygens (including phenoxy) is 1. The van der Waals surface area contributed by atoms with Gasteiger partial charge in [0.1, 0.15) is 11.3 Å². The number of carbonyl (C=O) groups excluding carboxylic acids is 1. The standard InChI is InChI=1S/C20H22N4O3/c1-12-3-5-17-22-16(11-24(17)10-12)20(26)23-19(14-7-15(25)8-14)13-4-6-18(27-2)21-9-13/h3-6,9-11,14-15,19,25H,7-8H2,1-2H3,(H,23,26)/t14?,15?,19-/m0/s1. The summed E-state index contributed by atoms with van der Waals surface area (Å²) in [6.45, 7) is 1.99. The first-order chi connectivity index (χ1) is 13.0. The molecule has 3 heterocycles. The van der Waals surface area contributed by atoms with Crippen molar-refractivity contribution in [3.63, 3.8) is 0 Å². The number of amides is 1. The molecule has 7 heteroatoms. The molecule has 0 radical (unpaired) electrons. The summed E-state index contributed by atoms with van der Waals surface area (Å²) >= 11 is 0. The van der Waals surface area contributed by atoms with Gasteiger partial charge in [-0.25, -0.2) is 9.97 Å². The van der Waals surface area contributed by atoms with Crippen molar-refractivity contribution < 1.29 is 14.6 Å². The Morgan fingerprint density at radius 3 is 2.78 bits per heavy atom. The van der Waals surface area contributed by atoms with Gasteiger partial charge >= 0.3 is 0 Å². The van der Waals surface area contributed by atoms with E-state index in [1.165, 1.54) is 0 Å². The predicted molar refractivity (Wildman–Crippen MR) is 99.7 cm³/mol. The summed E-state index contributed by atoms with van der Waals surface area (Å²) in [5.41, 5.74) is 3.08. The average Bonchev–Trinajstić information content (AvgIpc) is 3.07. The van der Waals surface area contributed by atoms with Crippen LogP contribution in [0.2, 0.25) is 0 Å². The quantitative estimate of drug-likeness (QED) is 0.723. The number of rotatable bonds is 5. The number of imidazole rings is 1. The van der Waals surface area contributed by atoms with E-state index >= 15 is 0 Å². The Balaban J connectivity index is 1.58. The number of hydrogen-bond acceptors (Lipinski definition) is 5. The molecule has 2 N–H and O–H groups in total. The zero-order valence-corrected chi connectivity index (χ0v) is 15.3. The maximum absolute atomic E-state index is 12.8. The van der Waals surface area contributed by atoms with Crippen molar-refractivity contribution in [2.75, 3.05) is 7.11 Å². The zero-order chi connectivity index (χ0) is 19.0. The fraction of sp³-hybridized carbons (Fsp3) is 0.350. The number of methoxy groups -OCH3 is 1. The molecule has 1 amide bonds. The number of aliphatic hydroxyl groups is 1. The van der Waals surface area contributed by atoms with Gasteiger partial charge in [0.15, 0.2) is 0 Å². The van der Waals surface area contributed by atoms with Crippen LogP contribution in [0.4, 0.5) is 0 Å². The highest BCUT2D eigenvalue weighted by Gasteiger charge is 2.36. The van der Waals surface area contributed by atoms with Gasteiger partial charge in [-0.15, -0.1) is 0 Å². The van der Waals surface area contributed by atoms with Gasteiger partial charge in [-0.3, -0.25) is 4.79 Å². The molecule has 140 valence electrons. The molecule has 4 rings (SSSR count). The molecule has 1 saturated carbocycles. The first-order valence-electron chi connectivity index (χ1n) is 8.97. The summed E-state index contributed by atoms with van der Waals surface area (Å²) in [7, 11) is 1.56. The van der Waals surface area contributed by atoms with E-state index in [4.69, 9.17) is 4.74 Å². The van der Waals surface area contributed by atoms with Gasteiger partial charge in [0.25, 0.3) is 5.91 Å². The van der Waals surface area contributed by atoms with Crippen LogP contribution in [0.25, 0.3) is 5.65 Å². The highest BCUT2D eigenvalue weighted by atomic mass is 16.5. The van der Waals surface area contributed by atoms with Gasteiger partial charge in [-0.2, -0.15) is 0 Å². The summed E-state index contributed by atoms with van der Waals surface area (Å²) in [5, 5.41) is 12.8. The highest BCUT2D eigenvalue weighted by molar-refractivity contribution is 5.93. The Labute approximate surface area is 157 Å². The number of hydrogen-bond donors (Lipinski definition) is 2. The Bertz CT molecular complexity index is 961. The third-order valence-electron chi connectivity index (χ3n) is 5.07. The van der Waals surface area contributed by atoms with Gasteiger partial charge in [0, 0.05) is 24.7 Å². The molecular formula is C20H22N4O3. The summed E-state index contributed by atoms with van der Waals surface area (Å²) in [4.78, 5) is 21.5. The normalized spacial score (nSPS) is 20.1. The highest BCUT2D eigenvalue weighted by Crippen LogP contribution is 2.38. The van der Waals surface area contributed by atoms with Gasteiger partial charge in [-0.1, -0.05) is 12.1 Å². The van der Waals surface area contributed by atoms with Crippen molar-refractivity contribution in [1.29, 1.82) is 0 Å². The first-order valence-corrected chi connectivity index (χ1v) is 8.97. The monoisotopic (exact) mass is 366 g/mol. The SMILES string of the molecule is COc1ccc([C@H](NC(=O)c2cn3cc(C)ccc3n2)C2CC(O)C2)cn1. The molecule has 1 aliphatic rings. The molecule has 7 nitrogen and oxygen atoms in total. The smallest absolute Gasteiger partial charge is 0.272 e. The number of nitrogens with zero attached hydrogens (tertiary/aromatic N) is 3. The first kappa shape index (κ1) is 17.5. The molecular weight excluding hydrogens is 344 g/mol. The van der Waals surface area contributed by atoms with Gasteiger partial charge in [0.05, 0.1) is 19.3 Å². The van der Waals surface area contributed by atoms with E-state index in [2.05, 4.69) is 15.3 Å². The minimum atomic E-state index is -0.307. The molecule has 0 bridgehead atoms. The molecule has 0 aromatic carbocycles. The fourth-order valence-corrected chi connectivity index (χ4v) is 3.50. The van der Waals surface area contributed by atoms with E-state index in [0.29, 0.717) is 24.4 Å². The van der Waals surface area contributed by atoms with Gasteiger partial charge in [-0.05, 0) is 42.9 Å². The van der Waals surface area contributed by atoms with Crippen LogP contribution in [0.5, 0.6) is 5.88 Å². The number of aromatic nitrogens is 3. The lowest BCUT2D eigenvalue weighted by molar-refractivity contribution is 0.0234. The lowest BCUT2D eigenvalue weighted by Crippen LogP contribution is -2.41. The second kappa shape index (κ2) is 7.00. The predicted octanol–water partition coefficient (Wildman–Crippen LogP) is 2.29. The van der Waals surface area contributed by atoms with Crippen LogP contribution in [-0.4, -0.2) is 38.6 Å². The van der Waals surface area contributed by atoms with E-state index in [0.717, 1.165) is 16.8 Å². The van der Waals surface area contributed by atoms with Crippen molar-refractivity contribution in [2.45, 2.75) is 31.9 Å². The molecule has 3 aromatic heterocycles. The lowest BCUT2D eigenvalue weighted by Gasteiger charge is -2.38. The number of aryl methyl sites for hydroxylation is 1. The Morgan fingerprint density at radius 2 is 2.11 bits per heavy atom. The van der Waals surface area contributed by atoms with E-state index in [9.17, 15) is 9.90 Å². The summed E-state index contributed by atoms with van der Waals surface area (Å²) < 4.78 is 6.96. The number of nitrogens with one attached hydrogen (secondary N) is 1. The fourth-order valence-electron chi connectivity index (χ4n) is 3.50. The maximum atomic E-state index is 12.8. The van der Waals surface area contributed by atoms with E-state index in [1.807, 2.05) is 35.7 Å².